The maximum Gasteiger partial charge on any atom is 0.326 e. The molecule has 0 bridgehead atoms. The minimum atomic E-state index is -0.831. The molecular weight excluding hydrogens is 306 g/mol. The Morgan fingerprint density at radius 2 is 2.38 bits per heavy atom. The molecule has 0 fully saturated rings. The molecule has 5 nitrogen and oxygen atoms in total. The minimum absolute atomic E-state index is 0.578. The SMILES string of the molecule is CSCCC(Nc1ncnc2sc3c(c12)CCC3)C(=O)O. The van der Waals surface area contributed by atoms with Crippen LogP contribution in [0.5, 0.6) is 0 Å². The number of carboxylic acid groups (broad SMARTS) is 1. The Bertz CT molecular complexity index is 672. The fourth-order valence-corrected chi connectivity index (χ4v) is 4.40. The third-order valence-electron chi connectivity index (χ3n) is 3.72. The van der Waals surface area contributed by atoms with Gasteiger partial charge in [-0.2, -0.15) is 11.8 Å². The molecule has 1 unspecified atom stereocenters. The molecule has 0 aromatic carbocycles. The van der Waals surface area contributed by atoms with Gasteiger partial charge in [0.1, 0.15) is 23.0 Å². The number of carbonyl (C=O) groups is 1. The highest BCUT2D eigenvalue weighted by atomic mass is 32.2. The molecule has 112 valence electrons. The molecule has 0 spiro atoms. The normalized spacial score (nSPS) is 15.1. The molecule has 21 heavy (non-hydrogen) atoms. The van der Waals surface area contributed by atoms with E-state index < -0.39 is 12.0 Å². The smallest absolute Gasteiger partial charge is 0.326 e. The molecular formula is C14H17N3O2S2. The molecule has 1 aliphatic rings. The van der Waals surface area contributed by atoms with Gasteiger partial charge < -0.3 is 10.4 Å². The number of thioether (sulfide) groups is 1. The molecule has 7 heteroatoms. The lowest BCUT2D eigenvalue weighted by molar-refractivity contribution is -0.137. The predicted octanol–water partition coefficient (Wildman–Crippen LogP) is 2.80. The number of fused-ring (bicyclic) bond motifs is 3. The number of nitrogens with zero attached hydrogens (tertiary/aromatic N) is 2. The van der Waals surface area contributed by atoms with Crippen molar-refractivity contribution in [3.63, 3.8) is 0 Å². The van der Waals surface area contributed by atoms with Gasteiger partial charge in [0, 0.05) is 4.88 Å². The zero-order valence-corrected chi connectivity index (χ0v) is 13.4. The highest BCUT2D eigenvalue weighted by Crippen LogP contribution is 2.39. The van der Waals surface area contributed by atoms with Crippen molar-refractivity contribution in [3.8, 4) is 0 Å². The molecule has 3 rings (SSSR count). The van der Waals surface area contributed by atoms with Crippen LogP contribution in [-0.4, -0.2) is 39.1 Å². The minimum Gasteiger partial charge on any atom is -0.480 e. The topological polar surface area (TPSA) is 75.1 Å². The summed E-state index contributed by atoms with van der Waals surface area (Å²) in [5.74, 6) is 0.649. The van der Waals surface area contributed by atoms with Crippen molar-refractivity contribution in [2.24, 2.45) is 0 Å². The van der Waals surface area contributed by atoms with Crippen LogP contribution >= 0.6 is 23.1 Å². The number of hydrogen-bond acceptors (Lipinski definition) is 6. The molecule has 2 aromatic heterocycles. The third kappa shape index (κ3) is 2.85. The van der Waals surface area contributed by atoms with Crippen molar-refractivity contribution in [2.75, 3.05) is 17.3 Å². The van der Waals surface area contributed by atoms with E-state index in [1.54, 1.807) is 23.1 Å². The van der Waals surface area contributed by atoms with E-state index in [9.17, 15) is 9.90 Å². The van der Waals surface area contributed by atoms with Crippen molar-refractivity contribution in [1.82, 2.24) is 9.97 Å². The fraction of sp³-hybridized carbons (Fsp3) is 0.500. The average Bonchev–Trinajstić information content (AvgIpc) is 3.03. The lowest BCUT2D eigenvalue weighted by atomic mass is 10.1. The standard InChI is InChI=1S/C14H17N3O2S2/c1-20-6-5-9(14(18)19)17-12-11-8-3-2-4-10(8)21-13(11)16-7-15-12/h7,9H,2-6H2,1H3,(H,18,19)(H,15,16,17). The monoisotopic (exact) mass is 323 g/mol. The van der Waals surface area contributed by atoms with Gasteiger partial charge in [0.2, 0.25) is 0 Å². The van der Waals surface area contributed by atoms with Crippen LogP contribution in [0.25, 0.3) is 10.2 Å². The van der Waals surface area contributed by atoms with Gasteiger partial charge in [-0.25, -0.2) is 14.8 Å². The van der Waals surface area contributed by atoms with E-state index in [4.69, 9.17) is 0 Å². The molecule has 1 aliphatic carbocycles. The Morgan fingerprint density at radius 3 is 3.14 bits per heavy atom. The van der Waals surface area contributed by atoms with Gasteiger partial charge >= 0.3 is 5.97 Å². The van der Waals surface area contributed by atoms with Crippen LogP contribution in [0.4, 0.5) is 5.82 Å². The zero-order valence-electron chi connectivity index (χ0n) is 11.8. The van der Waals surface area contributed by atoms with Crippen LogP contribution < -0.4 is 5.32 Å². The fourth-order valence-electron chi connectivity index (χ4n) is 2.70. The molecule has 0 aliphatic heterocycles. The van der Waals surface area contributed by atoms with E-state index in [1.807, 2.05) is 6.26 Å². The van der Waals surface area contributed by atoms with Crippen molar-refractivity contribution >= 4 is 45.1 Å². The van der Waals surface area contributed by atoms with Crippen molar-refractivity contribution in [1.29, 1.82) is 0 Å². The number of aromatic nitrogens is 2. The van der Waals surface area contributed by atoms with Crippen LogP contribution in [0.15, 0.2) is 6.33 Å². The van der Waals surface area contributed by atoms with Gasteiger partial charge in [0.05, 0.1) is 5.39 Å². The summed E-state index contributed by atoms with van der Waals surface area (Å²) in [6, 6.07) is -0.604. The molecule has 2 heterocycles. The van der Waals surface area contributed by atoms with Crippen molar-refractivity contribution in [3.05, 3.63) is 16.8 Å². The highest BCUT2D eigenvalue weighted by molar-refractivity contribution is 7.98. The van der Waals surface area contributed by atoms with E-state index in [0.29, 0.717) is 12.2 Å². The molecule has 0 saturated heterocycles. The predicted molar refractivity (Wildman–Crippen MR) is 87.5 cm³/mol. The molecule has 0 radical (unpaired) electrons. The van der Waals surface area contributed by atoms with Crippen LogP contribution in [0.1, 0.15) is 23.3 Å². The number of thiophene rings is 1. The number of anilines is 1. The van der Waals surface area contributed by atoms with Crippen molar-refractivity contribution in [2.45, 2.75) is 31.7 Å². The molecule has 2 N–H and O–H groups in total. The number of aryl methyl sites for hydroxylation is 2. The van der Waals surface area contributed by atoms with Gasteiger partial charge in [-0.05, 0) is 43.3 Å². The molecule has 1 atom stereocenters. The number of aliphatic carboxylic acids is 1. The lowest BCUT2D eigenvalue weighted by Gasteiger charge is -2.15. The third-order valence-corrected chi connectivity index (χ3v) is 5.56. The van der Waals surface area contributed by atoms with Gasteiger partial charge in [0.25, 0.3) is 0 Å². The average molecular weight is 323 g/mol. The van der Waals surface area contributed by atoms with Gasteiger partial charge in [-0.1, -0.05) is 0 Å². The first kappa shape index (κ1) is 14.6. The zero-order chi connectivity index (χ0) is 14.8. The Morgan fingerprint density at radius 1 is 1.52 bits per heavy atom. The summed E-state index contributed by atoms with van der Waals surface area (Å²) in [5, 5.41) is 13.5. The number of carboxylic acids is 1. The summed E-state index contributed by atoms with van der Waals surface area (Å²) in [6.07, 6.45) is 7.39. The quantitative estimate of drug-likeness (QED) is 0.851. The second kappa shape index (κ2) is 6.19. The van der Waals surface area contributed by atoms with Crippen LogP contribution in [-0.2, 0) is 17.6 Å². The van der Waals surface area contributed by atoms with Gasteiger partial charge in [-0.15, -0.1) is 11.3 Å². The number of nitrogens with one attached hydrogen (secondary N) is 1. The van der Waals surface area contributed by atoms with E-state index in [1.165, 1.54) is 23.2 Å². The van der Waals surface area contributed by atoms with Crippen LogP contribution in [0, 0.1) is 0 Å². The molecule has 0 amide bonds. The summed E-state index contributed by atoms with van der Waals surface area (Å²) in [5.41, 5.74) is 1.31. The first-order chi connectivity index (χ1) is 10.2. The van der Waals surface area contributed by atoms with E-state index in [2.05, 4.69) is 15.3 Å². The Kier molecular flexibility index (Phi) is 4.30. The Hall–Kier alpha value is -1.34. The Labute approximate surface area is 131 Å². The number of rotatable bonds is 6. The van der Waals surface area contributed by atoms with Gasteiger partial charge in [-0.3, -0.25) is 0 Å². The van der Waals surface area contributed by atoms with Crippen LogP contribution in [0.2, 0.25) is 0 Å². The molecule has 2 aromatic rings. The highest BCUT2D eigenvalue weighted by Gasteiger charge is 2.24. The largest absolute Gasteiger partial charge is 0.480 e. The second-order valence-electron chi connectivity index (χ2n) is 5.08. The van der Waals surface area contributed by atoms with E-state index in [0.717, 1.165) is 28.8 Å². The van der Waals surface area contributed by atoms with E-state index in [-0.39, 0.29) is 0 Å². The van der Waals surface area contributed by atoms with E-state index >= 15 is 0 Å². The summed E-state index contributed by atoms with van der Waals surface area (Å²) in [4.78, 5) is 22.4. The first-order valence-corrected chi connectivity index (χ1v) is 9.15. The second-order valence-corrected chi connectivity index (χ2v) is 7.15. The lowest BCUT2D eigenvalue weighted by Crippen LogP contribution is -2.30. The maximum atomic E-state index is 11.4. The maximum absolute atomic E-state index is 11.4. The summed E-state index contributed by atoms with van der Waals surface area (Å²) < 4.78 is 0. The van der Waals surface area contributed by atoms with Gasteiger partial charge in [0.15, 0.2) is 0 Å². The van der Waals surface area contributed by atoms with Crippen molar-refractivity contribution < 1.29 is 9.90 Å². The summed E-state index contributed by atoms with van der Waals surface area (Å²) >= 11 is 3.36. The summed E-state index contributed by atoms with van der Waals surface area (Å²) in [7, 11) is 0. The first-order valence-electron chi connectivity index (χ1n) is 6.94. The molecule has 0 saturated carbocycles. The number of hydrogen-bond donors (Lipinski definition) is 2. The Balaban J connectivity index is 1.94. The van der Waals surface area contributed by atoms with Crippen LogP contribution in [0.3, 0.4) is 0 Å². The summed E-state index contributed by atoms with van der Waals surface area (Å²) in [6.45, 7) is 0.